The Bertz CT molecular complexity index is 938. The van der Waals surface area contributed by atoms with Gasteiger partial charge in [-0.05, 0) is 48.7 Å². The Morgan fingerprint density at radius 2 is 1.90 bits per heavy atom. The molecule has 29 heavy (non-hydrogen) atoms. The van der Waals surface area contributed by atoms with Gasteiger partial charge in [0.1, 0.15) is 11.5 Å². The lowest BCUT2D eigenvalue weighted by Gasteiger charge is -2.16. The molecule has 5 nitrogen and oxygen atoms in total. The number of hydrogen-bond donors (Lipinski definition) is 0. The highest BCUT2D eigenvalue weighted by atomic mass is 32.2. The summed E-state index contributed by atoms with van der Waals surface area (Å²) in [6, 6.07) is 16.2. The van der Waals surface area contributed by atoms with Crippen LogP contribution in [0.4, 0.5) is 0 Å². The molecule has 0 N–H and O–H groups in total. The summed E-state index contributed by atoms with van der Waals surface area (Å²) in [5, 5.41) is 9.65. The predicted octanol–water partition coefficient (Wildman–Crippen LogP) is 5.47. The van der Waals surface area contributed by atoms with Gasteiger partial charge in [0.15, 0.2) is 17.1 Å². The fraction of sp³-hybridized carbons (Fsp3) is 0.304. The lowest BCUT2D eigenvalue weighted by molar-refractivity contribution is 0.210. The molecule has 6 heteroatoms. The van der Waals surface area contributed by atoms with E-state index in [9.17, 15) is 0 Å². The number of methoxy groups -OCH3 is 1. The second-order valence-corrected chi connectivity index (χ2v) is 7.58. The van der Waals surface area contributed by atoms with Gasteiger partial charge in [-0.2, -0.15) is 0 Å². The Morgan fingerprint density at radius 3 is 2.59 bits per heavy atom. The van der Waals surface area contributed by atoms with Crippen molar-refractivity contribution < 1.29 is 9.47 Å². The van der Waals surface area contributed by atoms with E-state index in [4.69, 9.17) is 9.47 Å². The van der Waals surface area contributed by atoms with Gasteiger partial charge in [0.25, 0.3) is 0 Å². The summed E-state index contributed by atoms with van der Waals surface area (Å²) in [6.45, 7) is 8.64. The smallest absolute Gasteiger partial charge is 0.191 e. The molecule has 0 aliphatic heterocycles. The summed E-state index contributed by atoms with van der Waals surface area (Å²) < 4.78 is 13.5. The minimum absolute atomic E-state index is 0.221. The summed E-state index contributed by atoms with van der Waals surface area (Å²) in [5.74, 6) is 3.25. The van der Waals surface area contributed by atoms with Gasteiger partial charge in [0.05, 0.1) is 7.11 Å². The van der Waals surface area contributed by atoms with E-state index in [-0.39, 0.29) is 6.10 Å². The van der Waals surface area contributed by atoms with Crippen LogP contribution in [0.15, 0.2) is 66.3 Å². The van der Waals surface area contributed by atoms with Crippen LogP contribution in [0, 0.1) is 0 Å². The maximum absolute atomic E-state index is 6.11. The molecule has 0 saturated heterocycles. The van der Waals surface area contributed by atoms with E-state index >= 15 is 0 Å². The van der Waals surface area contributed by atoms with Gasteiger partial charge in [-0.3, -0.25) is 4.57 Å². The fourth-order valence-electron chi connectivity index (χ4n) is 2.98. The van der Waals surface area contributed by atoms with Crippen LogP contribution in [0.5, 0.6) is 11.5 Å². The maximum Gasteiger partial charge on any atom is 0.191 e. The highest BCUT2D eigenvalue weighted by molar-refractivity contribution is 7.98. The largest absolute Gasteiger partial charge is 0.497 e. The number of aromatic nitrogens is 3. The summed E-state index contributed by atoms with van der Waals surface area (Å²) >= 11 is 1.64. The summed E-state index contributed by atoms with van der Waals surface area (Å²) in [5.41, 5.74) is 2.46. The van der Waals surface area contributed by atoms with Crippen molar-refractivity contribution in [2.24, 2.45) is 0 Å². The minimum atomic E-state index is -0.221. The van der Waals surface area contributed by atoms with Crippen molar-refractivity contribution in [1.82, 2.24) is 14.8 Å². The van der Waals surface area contributed by atoms with Gasteiger partial charge in [0, 0.05) is 12.3 Å². The first kappa shape index (κ1) is 21.0. The average molecular weight is 410 g/mol. The number of aryl methyl sites for hydroxylation is 1. The molecule has 3 aromatic rings. The number of rotatable bonds is 10. The number of hydrogen-bond acceptors (Lipinski definition) is 5. The van der Waals surface area contributed by atoms with Crippen LogP contribution in [-0.4, -0.2) is 21.9 Å². The van der Waals surface area contributed by atoms with Gasteiger partial charge < -0.3 is 9.47 Å². The van der Waals surface area contributed by atoms with E-state index in [0.717, 1.165) is 34.7 Å². The van der Waals surface area contributed by atoms with Crippen LogP contribution < -0.4 is 9.47 Å². The quantitative estimate of drug-likeness (QED) is 0.328. The molecule has 0 radical (unpaired) electrons. The van der Waals surface area contributed by atoms with Crippen LogP contribution in [0.2, 0.25) is 0 Å². The standard InChI is InChI=1S/C23H27N3O2S/c1-5-14-26-22(17(3)28-20-12-10-18(6-2)11-13-20)24-25-23(26)29-16-19-8-7-9-21(15-19)27-4/h5,7-13,15,17H,1,6,14,16H2,2-4H3. The molecule has 1 heterocycles. The SMILES string of the molecule is C=CCn1c(SCc2cccc(OC)c2)nnc1C(C)Oc1ccc(CC)cc1. The second kappa shape index (κ2) is 10.2. The Morgan fingerprint density at radius 1 is 1.10 bits per heavy atom. The monoisotopic (exact) mass is 409 g/mol. The predicted molar refractivity (Wildman–Crippen MR) is 118 cm³/mol. The molecule has 3 rings (SSSR count). The summed E-state index contributed by atoms with van der Waals surface area (Å²) in [6.07, 6.45) is 2.64. The first-order valence-corrected chi connectivity index (χ1v) is 10.7. The molecule has 1 atom stereocenters. The van der Waals surface area contributed by atoms with Gasteiger partial charge in [-0.15, -0.1) is 16.8 Å². The Hall–Kier alpha value is -2.73. The maximum atomic E-state index is 6.11. The van der Waals surface area contributed by atoms with Crippen molar-refractivity contribution >= 4 is 11.8 Å². The van der Waals surface area contributed by atoms with Crippen LogP contribution in [0.25, 0.3) is 0 Å². The first-order chi connectivity index (χ1) is 14.1. The number of nitrogens with zero attached hydrogens (tertiary/aromatic N) is 3. The number of benzene rings is 2. The first-order valence-electron chi connectivity index (χ1n) is 9.70. The van der Waals surface area contributed by atoms with Crippen molar-refractivity contribution in [3.05, 3.63) is 78.1 Å². The molecule has 0 spiro atoms. The third-order valence-corrected chi connectivity index (χ3v) is 5.61. The molecule has 1 unspecified atom stereocenters. The van der Waals surface area contributed by atoms with Crippen LogP contribution in [-0.2, 0) is 18.7 Å². The van der Waals surface area contributed by atoms with Crippen LogP contribution in [0.3, 0.4) is 0 Å². The molecule has 0 bridgehead atoms. The highest BCUT2D eigenvalue weighted by Crippen LogP contribution is 2.27. The van der Waals surface area contributed by atoms with E-state index in [0.29, 0.717) is 6.54 Å². The van der Waals surface area contributed by atoms with Crippen molar-refractivity contribution in [3.8, 4) is 11.5 Å². The third kappa shape index (κ3) is 5.41. The Balaban J connectivity index is 1.73. The van der Waals surface area contributed by atoms with Crippen LogP contribution in [0.1, 0.15) is 36.9 Å². The lowest BCUT2D eigenvalue weighted by atomic mass is 10.2. The number of ether oxygens (including phenoxy) is 2. The summed E-state index contributed by atoms with van der Waals surface area (Å²) in [7, 11) is 1.68. The van der Waals surface area contributed by atoms with E-state index in [2.05, 4.69) is 46.5 Å². The van der Waals surface area contributed by atoms with Crippen LogP contribution >= 0.6 is 11.8 Å². The molecule has 0 saturated carbocycles. The van der Waals surface area contributed by atoms with E-state index in [1.807, 2.05) is 43.3 Å². The van der Waals surface area contributed by atoms with Crippen molar-refractivity contribution in [1.29, 1.82) is 0 Å². The zero-order chi connectivity index (χ0) is 20.6. The van der Waals surface area contributed by atoms with E-state index in [1.165, 1.54) is 11.1 Å². The summed E-state index contributed by atoms with van der Waals surface area (Å²) in [4.78, 5) is 0. The molecule has 1 aromatic heterocycles. The molecule has 2 aromatic carbocycles. The average Bonchev–Trinajstić information content (AvgIpc) is 3.16. The van der Waals surface area contributed by atoms with Gasteiger partial charge >= 0.3 is 0 Å². The van der Waals surface area contributed by atoms with Gasteiger partial charge in [-0.1, -0.05) is 49.0 Å². The fourth-order valence-corrected chi connectivity index (χ4v) is 3.88. The zero-order valence-electron chi connectivity index (χ0n) is 17.2. The Labute approximate surface area is 176 Å². The van der Waals surface area contributed by atoms with Gasteiger partial charge in [0.2, 0.25) is 0 Å². The molecular weight excluding hydrogens is 382 g/mol. The van der Waals surface area contributed by atoms with Crippen molar-refractivity contribution in [2.45, 2.75) is 43.8 Å². The zero-order valence-corrected chi connectivity index (χ0v) is 18.0. The molecule has 0 amide bonds. The van der Waals surface area contributed by atoms with Crippen molar-refractivity contribution in [2.75, 3.05) is 7.11 Å². The topological polar surface area (TPSA) is 49.2 Å². The normalized spacial score (nSPS) is 11.8. The molecule has 152 valence electrons. The Kier molecular flexibility index (Phi) is 7.36. The minimum Gasteiger partial charge on any atom is -0.497 e. The third-order valence-electron chi connectivity index (χ3n) is 4.57. The second-order valence-electron chi connectivity index (χ2n) is 6.64. The molecule has 0 fully saturated rings. The number of thioether (sulfide) groups is 1. The molecule has 0 aliphatic carbocycles. The van der Waals surface area contributed by atoms with E-state index in [1.54, 1.807) is 18.9 Å². The molecular formula is C23H27N3O2S. The number of allylic oxidation sites excluding steroid dienone is 1. The van der Waals surface area contributed by atoms with Crippen molar-refractivity contribution in [3.63, 3.8) is 0 Å². The highest BCUT2D eigenvalue weighted by Gasteiger charge is 2.19. The van der Waals surface area contributed by atoms with Gasteiger partial charge in [-0.25, -0.2) is 0 Å². The van der Waals surface area contributed by atoms with E-state index < -0.39 is 0 Å². The lowest BCUT2D eigenvalue weighted by Crippen LogP contribution is -2.12. The molecule has 0 aliphatic rings.